The van der Waals surface area contributed by atoms with Crippen molar-refractivity contribution in [1.29, 1.82) is 0 Å². The summed E-state index contributed by atoms with van der Waals surface area (Å²) in [7, 11) is 1.57. The average Bonchev–Trinajstić information content (AvgIpc) is 2.54. The highest BCUT2D eigenvalue weighted by molar-refractivity contribution is 6.32. The zero-order valence-corrected chi connectivity index (χ0v) is 9.27. The van der Waals surface area contributed by atoms with Crippen LogP contribution in [0, 0.1) is 0 Å². The van der Waals surface area contributed by atoms with Gasteiger partial charge in [0.1, 0.15) is 10.8 Å². The summed E-state index contributed by atoms with van der Waals surface area (Å²) in [6.45, 7) is 0. The molecular formula is C11H10ClNO3. The van der Waals surface area contributed by atoms with E-state index in [0.717, 1.165) is 0 Å². The van der Waals surface area contributed by atoms with Crippen LogP contribution in [0.5, 0.6) is 17.5 Å². The van der Waals surface area contributed by atoms with Crippen molar-refractivity contribution < 1.29 is 14.9 Å². The number of aromatic hydroxyl groups is 2. The first kappa shape index (κ1) is 10.7. The first-order valence-electron chi connectivity index (χ1n) is 4.57. The van der Waals surface area contributed by atoms with Crippen molar-refractivity contribution in [2.45, 2.75) is 0 Å². The summed E-state index contributed by atoms with van der Waals surface area (Å²) in [5.74, 6) is 0.387. The summed E-state index contributed by atoms with van der Waals surface area (Å²) in [5, 5.41) is 19.3. The Morgan fingerprint density at radius 1 is 1.19 bits per heavy atom. The molecule has 0 saturated carbocycles. The summed E-state index contributed by atoms with van der Waals surface area (Å²) in [5.41, 5.74) is 0.600. The van der Waals surface area contributed by atoms with Crippen LogP contribution >= 0.6 is 11.6 Å². The third kappa shape index (κ3) is 1.67. The topological polar surface area (TPSA) is 54.6 Å². The van der Waals surface area contributed by atoms with Gasteiger partial charge in [0.25, 0.3) is 0 Å². The molecule has 0 bridgehead atoms. The van der Waals surface area contributed by atoms with Gasteiger partial charge in [0, 0.05) is 6.07 Å². The van der Waals surface area contributed by atoms with Gasteiger partial charge in [0.2, 0.25) is 5.88 Å². The Labute approximate surface area is 97.3 Å². The summed E-state index contributed by atoms with van der Waals surface area (Å²) in [6, 6.07) is 8.13. The molecule has 1 aromatic heterocycles. The van der Waals surface area contributed by atoms with Crippen molar-refractivity contribution in [2.75, 3.05) is 7.11 Å². The summed E-state index contributed by atoms with van der Waals surface area (Å²) >= 11 is 5.69. The van der Waals surface area contributed by atoms with Gasteiger partial charge in [-0.3, -0.25) is 4.57 Å². The molecule has 16 heavy (non-hydrogen) atoms. The Kier molecular flexibility index (Phi) is 2.66. The van der Waals surface area contributed by atoms with Crippen LogP contribution in [0.4, 0.5) is 0 Å². The Bertz CT molecular complexity index is 505. The first-order valence-corrected chi connectivity index (χ1v) is 4.95. The standard InChI is InChI=1S/C11H10ClNO3/c1-16-8-4-2-7(3-5-8)13-10(14)6-9(12)11(13)15/h2-6,14-15H,1H3. The normalized spacial score (nSPS) is 10.4. The minimum Gasteiger partial charge on any atom is -0.497 e. The van der Waals surface area contributed by atoms with Crippen LogP contribution in [0.2, 0.25) is 5.02 Å². The zero-order chi connectivity index (χ0) is 11.7. The van der Waals surface area contributed by atoms with Gasteiger partial charge in [0.15, 0.2) is 5.88 Å². The van der Waals surface area contributed by atoms with Gasteiger partial charge < -0.3 is 14.9 Å². The fraction of sp³-hybridized carbons (Fsp3) is 0.0909. The Hall–Kier alpha value is -1.81. The maximum absolute atomic E-state index is 9.64. The minimum absolute atomic E-state index is 0.105. The second kappa shape index (κ2) is 3.98. The average molecular weight is 240 g/mol. The molecular weight excluding hydrogens is 230 g/mol. The van der Waals surface area contributed by atoms with Gasteiger partial charge in [-0.05, 0) is 24.3 Å². The van der Waals surface area contributed by atoms with E-state index in [1.807, 2.05) is 0 Å². The molecule has 0 spiro atoms. The molecule has 4 nitrogen and oxygen atoms in total. The molecule has 0 aliphatic heterocycles. The smallest absolute Gasteiger partial charge is 0.217 e. The predicted molar refractivity (Wildman–Crippen MR) is 60.7 cm³/mol. The molecule has 0 fully saturated rings. The third-order valence-electron chi connectivity index (χ3n) is 2.24. The lowest BCUT2D eigenvalue weighted by molar-refractivity contribution is 0.401. The van der Waals surface area contributed by atoms with Gasteiger partial charge in [0.05, 0.1) is 12.8 Å². The van der Waals surface area contributed by atoms with E-state index in [-0.39, 0.29) is 16.8 Å². The number of nitrogens with zero attached hydrogens (tertiary/aromatic N) is 1. The van der Waals surface area contributed by atoms with Crippen molar-refractivity contribution in [3.05, 3.63) is 35.4 Å². The van der Waals surface area contributed by atoms with E-state index < -0.39 is 0 Å². The summed E-state index contributed by atoms with van der Waals surface area (Å²) < 4.78 is 6.25. The SMILES string of the molecule is COc1ccc(-n2c(O)cc(Cl)c2O)cc1. The second-order valence-electron chi connectivity index (χ2n) is 3.21. The zero-order valence-electron chi connectivity index (χ0n) is 8.51. The molecule has 0 radical (unpaired) electrons. The van der Waals surface area contributed by atoms with Gasteiger partial charge in [-0.1, -0.05) is 11.6 Å². The van der Waals surface area contributed by atoms with Crippen LogP contribution in [-0.4, -0.2) is 21.9 Å². The number of aromatic nitrogens is 1. The lowest BCUT2D eigenvalue weighted by atomic mass is 10.3. The van der Waals surface area contributed by atoms with Crippen LogP contribution in [0.1, 0.15) is 0 Å². The molecule has 5 heteroatoms. The van der Waals surface area contributed by atoms with E-state index in [9.17, 15) is 10.2 Å². The molecule has 0 saturated heterocycles. The van der Waals surface area contributed by atoms with Crippen LogP contribution < -0.4 is 4.74 Å². The maximum Gasteiger partial charge on any atom is 0.217 e. The van der Waals surface area contributed by atoms with Gasteiger partial charge in [-0.25, -0.2) is 0 Å². The Morgan fingerprint density at radius 3 is 2.25 bits per heavy atom. The number of rotatable bonds is 2. The molecule has 0 aliphatic rings. The quantitative estimate of drug-likeness (QED) is 0.847. The van der Waals surface area contributed by atoms with Crippen molar-refractivity contribution in [3.8, 4) is 23.2 Å². The first-order chi connectivity index (χ1) is 7.63. The number of ether oxygens (including phenoxy) is 1. The van der Waals surface area contributed by atoms with Gasteiger partial charge in [-0.15, -0.1) is 0 Å². The molecule has 0 aliphatic carbocycles. The lowest BCUT2D eigenvalue weighted by Crippen LogP contribution is -1.92. The molecule has 2 N–H and O–H groups in total. The van der Waals surface area contributed by atoms with E-state index in [2.05, 4.69) is 0 Å². The van der Waals surface area contributed by atoms with E-state index in [0.29, 0.717) is 11.4 Å². The van der Waals surface area contributed by atoms with Crippen molar-refractivity contribution in [3.63, 3.8) is 0 Å². The van der Waals surface area contributed by atoms with Gasteiger partial charge >= 0.3 is 0 Å². The van der Waals surface area contributed by atoms with E-state index >= 15 is 0 Å². The Balaban J connectivity index is 2.50. The van der Waals surface area contributed by atoms with E-state index in [4.69, 9.17) is 16.3 Å². The maximum atomic E-state index is 9.64. The molecule has 84 valence electrons. The third-order valence-corrected chi connectivity index (χ3v) is 2.52. The largest absolute Gasteiger partial charge is 0.497 e. The summed E-state index contributed by atoms with van der Waals surface area (Å²) in [6.07, 6.45) is 0. The highest BCUT2D eigenvalue weighted by atomic mass is 35.5. The second-order valence-corrected chi connectivity index (χ2v) is 3.61. The van der Waals surface area contributed by atoms with Crippen LogP contribution in [0.25, 0.3) is 5.69 Å². The van der Waals surface area contributed by atoms with Crippen molar-refractivity contribution in [2.24, 2.45) is 0 Å². The Morgan fingerprint density at radius 2 is 1.81 bits per heavy atom. The lowest BCUT2D eigenvalue weighted by Gasteiger charge is -2.07. The van der Waals surface area contributed by atoms with Crippen LogP contribution in [-0.2, 0) is 0 Å². The number of methoxy groups -OCH3 is 1. The molecule has 1 heterocycles. The fourth-order valence-electron chi connectivity index (χ4n) is 1.44. The highest BCUT2D eigenvalue weighted by Gasteiger charge is 2.13. The molecule has 0 atom stereocenters. The molecule has 2 rings (SSSR count). The summed E-state index contributed by atoms with van der Waals surface area (Å²) in [4.78, 5) is 0. The van der Waals surface area contributed by atoms with E-state index in [1.54, 1.807) is 31.4 Å². The van der Waals surface area contributed by atoms with Crippen molar-refractivity contribution in [1.82, 2.24) is 4.57 Å². The number of halogens is 1. The highest BCUT2D eigenvalue weighted by Crippen LogP contribution is 2.35. The van der Waals surface area contributed by atoms with E-state index in [1.165, 1.54) is 10.6 Å². The number of hydrogen-bond acceptors (Lipinski definition) is 3. The predicted octanol–water partition coefficient (Wildman–Crippen LogP) is 2.55. The van der Waals surface area contributed by atoms with Crippen LogP contribution in [0.15, 0.2) is 30.3 Å². The molecule has 2 aromatic rings. The molecule has 0 unspecified atom stereocenters. The van der Waals surface area contributed by atoms with Crippen molar-refractivity contribution >= 4 is 11.6 Å². The molecule has 1 aromatic carbocycles. The monoisotopic (exact) mass is 239 g/mol. The van der Waals surface area contributed by atoms with Crippen LogP contribution in [0.3, 0.4) is 0 Å². The minimum atomic E-state index is -0.190. The number of benzene rings is 1. The fourth-order valence-corrected chi connectivity index (χ4v) is 1.63. The van der Waals surface area contributed by atoms with Gasteiger partial charge in [-0.2, -0.15) is 0 Å². The number of hydrogen-bond donors (Lipinski definition) is 2. The molecule has 0 amide bonds.